The molecule has 16 heavy (non-hydrogen) atoms. The lowest BCUT2D eigenvalue weighted by molar-refractivity contribution is -0.121. The van der Waals surface area contributed by atoms with E-state index in [4.69, 9.17) is 4.74 Å². The molecule has 0 radical (unpaired) electrons. The third kappa shape index (κ3) is 1.27. The maximum Gasteiger partial charge on any atom is 0.0698 e. The molecular weight excluding hydrogens is 196 g/mol. The van der Waals surface area contributed by atoms with Gasteiger partial charge < -0.3 is 4.74 Å². The first-order chi connectivity index (χ1) is 7.38. The Balaban J connectivity index is 2.05. The van der Waals surface area contributed by atoms with Crippen LogP contribution in [0.3, 0.4) is 0 Å². The second-order valence-corrected chi connectivity index (χ2v) is 7.50. The SMILES string of the molecule is CC1(C)O[C@]2(C)CCC[C@]3(C)CCC[C@H]1[C@H]32. The van der Waals surface area contributed by atoms with Crippen molar-refractivity contribution in [3.05, 3.63) is 0 Å². The lowest BCUT2D eigenvalue weighted by Gasteiger charge is -2.52. The number of hydrogen-bond acceptors (Lipinski definition) is 1. The highest BCUT2D eigenvalue weighted by molar-refractivity contribution is 5.12. The molecule has 3 aliphatic rings. The predicted octanol–water partition coefficient (Wildman–Crippen LogP) is 4.16. The summed E-state index contributed by atoms with van der Waals surface area (Å²) in [5.74, 6) is 1.62. The summed E-state index contributed by atoms with van der Waals surface area (Å²) in [6.07, 6.45) is 8.33. The monoisotopic (exact) mass is 222 g/mol. The van der Waals surface area contributed by atoms with Crippen molar-refractivity contribution in [3.63, 3.8) is 0 Å². The molecule has 0 amide bonds. The Hall–Kier alpha value is -0.0400. The van der Waals surface area contributed by atoms with E-state index in [2.05, 4.69) is 27.7 Å². The van der Waals surface area contributed by atoms with Gasteiger partial charge in [0.15, 0.2) is 0 Å². The van der Waals surface area contributed by atoms with Gasteiger partial charge in [0.1, 0.15) is 0 Å². The van der Waals surface area contributed by atoms with Crippen LogP contribution in [0.25, 0.3) is 0 Å². The third-order valence-corrected chi connectivity index (χ3v) is 5.88. The van der Waals surface area contributed by atoms with Crippen LogP contribution in [0.15, 0.2) is 0 Å². The molecule has 2 saturated carbocycles. The predicted molar refractivity (Wildman–Crippen MR) is 66.4 cm³/mol. The van der Waals surface area contributed by atoms with Crippen molar-refractivity contribution in [2.45, 2.75) is 77.4 Å². The van der Waals surface area contributed by atoms with Gasteiger partial charge in [-0.3, -0.25) is 0 Å². The summed E-state index contributed by atoms with van der Waals surface area (Å²) < 4.78 is 6.52. The van der Waals surface area contributed by atoms with E-state index in [0.29, 0.717) is 5.41 Å². The maximum absolute atomic E-state index is 6.52. The summed E-state index contributed by atoms with van der Waals surface area (Å²) in [4.78, 5) is 0. The van der Waals surface area contributed by atoms with Crippen molar-refractivity contribution in [3.8, 4) is 0 Å². The molecular formula is C15H26O. The highest BCUT2D eigenvalue weighted by Crippen LogP contribution is 2.64. The Kier molecular flexibility index (Phi) is 2.11. The smallest absolute Gasteiger partial charge is 0.0698 e. The summed E-state index contributed by atoms with van der Waals surface area (Å²) in [5, 5.41) is 0. The van der Waals surface area contributed by atoms with Gasteiger partial charge in [-0.25, -0.2) is 0 Å². The normalized spacial score (nSPS) is 54.8. The van der Waals surface area contributed by atoms with Gasteiger partial charge in [-0.05, 0) is 63.7 Å². The largest absolute Gasteiger partial charge is 0.369 e. The average molecular weight is 222 g/mol. The van der Waals surface area contributed by atoms with Gasteiger partial charge in [0.25, 0.3) is 0 Å². The van der Waals surface area contributed by atoms with Crippen LogP contribution in [-0.2, 0) is 4.74 Å². The zero-order valence-electron chi connectivity index (χ0n) is 11.3. The molecule has 4 atom stereocenters. The molecule has 1 heteroatoms. The molecule has 2 aliphatic carbocycles. The fourth-order valence-corrected chi connectivity index (χ4v) is 5.52. The van der Waals surface area contributed by atoms with E-state index >= 15 is 0 Å². The fraction of sp³-hybridized carbons (Fsp3) is 1.00. The van der Waals surface area contributed by atoms with Crippen molar-refractivity contribution in [2.75, 3.05) is 0 Å². The van der Waals surface area contributed by atoms with Crippen LogP contribution in [-0.4, -0.2) is 11.2 Å². The number of hydrogen-bond donors (Lipinski definition) is 0. The van der Waals surface area contributed by atoms with E-state index in [9.17, 15) is 0 Å². The van der Waals surface area contributed by atoms with Crippen LogP contribution >= 0.6 is 0 Å². The second-order valence-electron chi connectivity index (χ2n) is 7.50. The first-order valence-electron chi connectivity index (χ1n) is 7.08. The summed E-state index contributed by atoms with van der Waals surface area (Å²) in [6, 6.07) is 0. The summed E-state index contributed by atoms with van der Waals surface area (Å²) >= 11 is 0. The average Bonchev–Trinajstić information content (AvgIpc) is 2.35. The Morgan fingerprint density at radius 1 is 0.938 bits per heavy atom. The standard InChI is InChI=1S/C15H26O/c1-13(2)11-7-5-8-14(3)9-6-10-15(4,16-13)12(11)14/h11-12H,5-10H2,1-4H3/t11-,12+,14-,15+/m0/s1. The first-order valence-corrected chi connectivity index (χ1v) is 7.08. The van der Waals surface area contributed by atoms with Crippen LogP contribution in [0.2, 0.25) is 0 Å². The zero-order chi connectivity index (χ0) is 11.6. The third-order valence-electron chi connectivity index (χ3n) is 5.88. The van der Waals surface area contributed by atoms with Gasteiger partial charge in [0, 0.05) is 0 Å². The van der Waals surface area contributed by atoms with Gasteiger partial charge in [0.05, 0.1) is 11.2 Å². The number of rotatable bonds is 0. The lowest BCUT2D eigenvalue weighted by Crippen LogP contribution is -2.49. The molecule has 3 rings (SSSR count). The Morgan fingerprint density at radius 2 is 1.62 bits per heavy atom. The van der Waals surface area contributed by atoms with E-state index in [-0.39, 0.29) is 11.2 Å². The molecule has 0 unspecified atom stereocenters. The van der Waals surface area contributed by atoms with Gasteiger partial charge in [0.2, 0.25) is 0 Å². The molecule has 1 nitrogen and oxygen atoms in total. The van der Waals surface area contributed by atoms with Gasteiger partial charge in [-0.1, -0.05) is 19.8 Å². The van der Waals surface area contributed by atoms with Crippen LogP contribution in [0.1, 0.15) is 66.2 Å². The minimum atomic E-state index is 0.117. The van der Waals surface area contributed by atoms with Gasteiger partial charge in [-0.15, -0.1) is 0 Å². The van der Waals surface area contributed by atoms with E-state index in [1.54, 1.807) is 0 Å². The summed E-state index contributed by atoms with van der Waals surface area (Å²) in [7, 11) is 0. The molecule has 0 aromatic heterocycles. The van der Waals surface area contributed by atoms with E-state index in [0.717, 1.165) is 11.8 Å². The van der Waals surface area contributed by atoms with Crippen LogP contribution in [0, 0.1) is 17.3 Å². The van der Waals surface area contributed by atoms with Crippen LogP contribution in [0.4, 0.5) is 0 Å². The summed E-state index contributed by atoms with van der Waals surface area (Å²) in [5.41, 5.74) is 0.872. The van der Waals surface area contributed by atoms with Crippen molar-refractivity contribution in [1.29, 1.82) is 0 Å². The minimum Gasteiger partial charge on any atom is -0.369 e. The van der Waals surface area contributed by atoms with Gasteiger partial charge >= 0.3 is 0 Å². The van der Waals surface area contributed by atoms with Crippen LogP contribution < -0.4 is 0 Å². The molecule has 1 saturated heterocycles. The Morgan fingerprint density at radius 3 is 2.38 bits per heavy atom. The van der Waals surface area contributed by atoms with Crippen molar-refractivity contribution in [1.82, 2.24) is 0 Å². The fourth-order valence-electron chi connectivity index (χ4n) is 5.52. The molecule has 0 bridgehead atoms. The van der Waals surface area contributed by atoms with Crippen LogP contribution in [0.5, 0.6) is 0 Å². The zero-order valence-corrected chi connectivity index (χ0v) is 11.3. The molecule has 3 fully saturated rings. The first kappa shape index (κ1) is 11.1. The molecule has 1 heterocycles. The highest BCUT2D eigenvalue weighted by Gasteiger charge is 2.63. The van der Waals surface area contributed by atoms with E-state index in [1.165, 1.54) is 38.5 Å². The Labute approximate surface area is 99.9 Å². The Bertz CT molecular complexity index is 305. The molecule has 0 aromatic rings. The van der Waals surface area contributed by atoms with Gasteiger partial charge in [-0.2, -0.15) is 0 Å². The molecule has 92 valence electrons. The number of ether oxygens (including phenoxy) is 1. The van der Waals surface area contributed by atoms with E-state index < -0.39 is 0 Å². The second kappa shape index (κ2) is 3.04. The highest BCUT2D eigenvalue weighted by atomic mass is 16.5. The quantitative estimate of drug-likeness (QED) is 0.598. The lowest BCUT2D eigenvalue weighted by atomic mass is 9.51. The van der Waals surface area contributed by atoms with Crippen molar-refractivity contribution < 1.29 is 4.74 Å². The summed E-state index contributed by atoms with van der Waals surface area (Å²) in [6.45, 7) is 9.58. The molecule has 0 N–H and O–H groups in total. The molecule has 0 spiro atoms. The molecule has 0 aromatic carbocycles. The van der Waals surface area contributed by atoms with E-state index in [1.807, 2.05) is 0 Å². The molecule has 1 aliphatic heterocycles. The van der Waals surface area contributed by atoms with Crippen molar-refractivity contribution >= 4 is 0 Å². The topological polar surface area (TPSA) is 9.23 Å². The van der Waals surface area contributed by atoms with Crippen molar-refractivity contribution in [2.24, 2.45) is 17.3 Å². The minimum absolute atomic E-state index is 0.117. The maximum atomic E-state index is 6.52.